The van der Waals surface area contributed by atoms with Gasteiger partial charge in [-0.25, -0.2) is 13.8 Å². The van der Waals surface area contributed by atoms with Gasteiger partial charge in [0.2, 0.25) is 5.88 Å². The minimum atomic E-state index is -2.95. The second-order valence-corrected chi connectivity index (χ2v) is 7.44. The lowest BCUT2D eigenvalue weighted by atomic mass is 10.0. The zero-order chi connectivity index (χ0) is 22.6. The molecule has 0 unspecified atom stereocenters. The fraction of sp³-hybridized carbons (Fsp3) is 0.348. The third kappa shape index (κ3) is 5.25. The molecule has 0 aliphatic heterocycles. The topological polar surface area (TPSA) is 60.2 Å². The number of benzene rings is 1. The first-order valence-electron chi connectivity index (χ1n) is 10.1. The zero-order valence-electron chi connectivity index (χ0n) is 18.0. The van der Waals surface area contributed by atoms with Crippen molar-refractivity contribution in [2.45, 2.75) is 32.7 Å². The summed E-state index contributed by atoms with van der Waals surface area (Å²) in [5, 5.41) is 4.41. The molecule has 0 aliphatic rings. The molecule has 0 fully saturated rings. The van der Waals surface area contributed by atoms with Crippen LogP contribution in [0.3, 0.4) is 0 Å². The molecule has 0 radical (unpaired) electrons. The Kier molecular flexibility index (Phi) is 6.68. The quantitative estimate of drug-likeness (QED) is 0.529. The maximum atomic E-state index is 13.3. The second kappa shape index (κ2) is 9.24. The van der Waals surface area contributed by atoms with E-state index < -0.39 is 5.92 Å². The van der Waals surface area contributed by atoms with Crippen LogP contribution in [-0.2, 0) is 13.0 Å². The number of ether oxygens (including phenoxy) is 1. The molecule has 6 nitrogen and oxygen atoms in total. The summed E-state index contributed by atoms with van der Waals surface area (Å²) in [4.78, 5) is 19.0. The minimum absolute atomic E-state index is 0.131. The van der Waals surface area contributed by atoms with Crippen LogP contribution in [0.5, 0.6) is 5.88 Å². The summed E-state index contributed by atoms with van der Waals surface area (Å²) in [5.74, 6) is -2.85. The van der Waals surface area contributed by atoms with E-state index in [-0.39, 0.29) is 30.0 Å². The first kappa shape index (κ1) is 22.4. The average Bonchev–Trinajstić information content (AvgIpc) is 3.18. The van der Waals surface area contributed by atoms with Crippen molar-refractivity contribution in [3.63, 3.8) is 0 Å². The van der Waals surface area contributed by atoms with Gasteiger partial charge in [0, 0.05) is 55.7 Å². The molecule has 0 aliphatic carbocycles. The molecule has 2 aromatic heterocycles. The third-order valence-electron chi connectivity index (χ3n) is 5.00. The number of amides is 1. The molecule has 0 N–H and O–H groups in total. The summed E-state index contributed by atoms with van der Waals surface area (Å²) in [5.41, 5.74) is 1.87. The van der Waals surface area contributed by atoms with E-state index in [1.54, 1.807) is 15.6 Å². The highest BCUT2D eigenvalue weighted by Gasteiger charge is 2.25. The monoisotopic (exact) mass is 428 g/mol. The smallest absolute Gasteiger partial charge is 0.272 e. The number of alkyl halides is 2. The SMILES string of the molecule is CCN(C(=O)c1ccccc1-c1ccn(C)n1)[C@@H](C)COc1ccc(C(C)(F)F)cn1. The third-order valence-corrected chi connectivity index (χ3v) is 5.00. The molecule has 0 saturated heterocycles. The fourth-order valence-corrected chi connectivity index (χ4v) is 3.28. The van der Waals surface area contributed by atoms with Crippen molar-refractivity contribution in [2.75, 3.05) is 13.2 Å². The maximum absolute atomic E-state index is 13.3. The standard InChI is InChI=1S/C23H26F2N4O2/c1-5-29(16(2)15-31-21-11-10-17(14-26-21)23(3,24)25)22(30)19-9-7-6-8-18(19)20-12-13-28(4)27-20/h6-14,16H,5,15H2,1-4H3/t16-/m0/s1. The van der Waals surface area contributed by atoms with Gasteiger partial charge in [-0.3, -0.25) is 9.48 Å². The first-order valence-corrected chi connectivity index (χ1v) is 10.1. The van der Waals surface area contributed by atoms with E-state index >= 15 is 0 Å². The molecule has 3 aromatic rings. The van der Waals surface area contributed by atoms with Crippen LogP contribution in [-0.4, -0.2) is 44.8 Å². The molecule has 3 rings (SSSR count). The highest BCUT2D eigenvalue weighted by molar-refractivity contribution is 6.00. The van der Waals surface area contributed by atoms with E-state index in [4.69, 9.17) is 4.74 Å². The molecule has 0 saturated carbocycles. The van der Waals surface area contributed by atoms with Gasteiger partial charge >= 0.3 is 0 Å². The molecule has 1 aromatic carbocycles. The maximum Gasteiger partial charge on any atom is 0.272 e. The van der Waals surface area contributed by atoms with Gasteiger partial charge in [-0.2, -0.15) is 5.10 Å². The Labute approximate surface area is 180 Å². The highest BCUT2D eigenvalue weighted by Crippen LogP contribution is 2.27. The number of aromatic nitrogens is 3. The van der Waals surface area contributed by atoms with Crippen LogP contribution >= 0.6 is 0 Å². The van der Waals surface area contributed by atoms with Crippen molar-refractivity contribution >= 4 is 5.91 Å². The lowest BCUT2D eigenvalue weighted by Gasteiger charge is -2.28. The lowest BCUT2D eigenvalue weighted by molar-refractivity contribution is 0.0169. The summed E-state index contributed by atoms with van der Waals surface area (Å²) < 4.78 is 34.0. The molecule has 164 valence electrons. The Hall–Kier alpha value is -3.29. The van der Waals surface area contributed by atoms with Crippen molar-refractivity contribution in [1.29, 1.82) is 0 Å². The van der Waals surface area contributed by atoms with Gasteiger partial charge in [0.1, 0.15) is 6.61 Å². The zero-order valence-corrected chi connectivity index (χ0v) is 18.0. The molecular formula is C23H26F2N4O2. The summed E-state index contributed by atoms with van der Waals surface area (Å²) in [6, 6.07) is 11.7. The van der Waals surface area contributed by atoms with Gasteiger partial charge in [-0.05, 0) is 32.0 Å². The van der Waals surface area contributed by atoms with E-state index in [0.29, 0.717) is 12.1 Å². The Morgan fingerprint density at radius 3 is 2.55 bits per heavy atom. The van der Waals surface area contributed by atoms with Gasteiger partial charge in [0.15, 0.2) is 0 Å². The summed E-state index contributed by atoms with van der Waals surface area (Å²) in [6.07, 6.45) is 2.93. The van der Waals surface area contributed by atoms with Gasteiger partial charge < -0.3 is 9.64 Å². The molecule has 0 spiro atoms. The van der Waals surface area contributed by atoms with Crippen LogP contribution in [0.15, 0.2) is 54.9 Å². The van der Waals surface area contributed by atoms with Crippen LogP contribution in [0.4, 0.5) is 8.78 Å². The van der Waals surface area contributed by atoms with Crippen LogP contribution < -0.4 is 4.74 Å². The Morgan fingerprint density at radius 2 is 1.97 bits per heavy atom. The van der Waals surface area contributed by atoms with Crippen molar-refractivity contribution in [2.24, 2.45) is 7.05 Å². The molecule has 2 heterocycles. The van der Waals surface area contributed by atoms with Crippen LogP contribution in [0.25, 0.3) is 11.3 Å². The number of halogens is 2. The minimum Gasteiger partial charge on any atom is -0.475 e. The van der Waals surface area contributed by atoms with E-state index in [1.807, 2.05) is 51.4 Å². The van der Waals surface area contributed by atoms with Crippen molar-refractivity contribution < 1.29 is 18.3 Å². The normalized spacial score (nSPS) is 12.5. The molecule has 1 amide bonds. The fourth-order valence-electron chi connectivity index (χ4n) is 3.28. The Morgan fingerprint density at radius 1 is 1.23 bits per heavy atom. The molecule has 8 heteroatoms. The number of hydrogen-bond donors (Lipinski definition) is 0. The number of aryl methyl sites for hydroxylation is 1. The van der Waals surface area contributed by atoms with E-state index in [1.165, 1.54) is 12.1 Å². The molecule has 1 atom stereocenters. The van der Waals surface area contributed by atoms with E-state index in [0.717, 1.165) is 24.4 Å². The Balaban J connectivity index is 1.72. The first-order chi connectivity index (χ1) is 14.7. The number of likely N-dealkylation sites (N-methyl/N-ethyl adjacent to an activating group) is 1. The predicted octanol–water partition coefficient (Wildman–Crippen LogP) is 4.52. The number of carbonyl (C=O) groups excluding carboxylic acids is 1. The number of pyridine rings is 1. The molecule has 0 bridgehead atoms. The van der Waals surface area contributed by atoms with E-state index in [9.17, 15) is 13.6 Å². The largest absolute Gasteiger partial charge is 0.475 e. The number of rotatable bonds is 8. The number of nitrogens with zero attached hydrogens (tertiary/aromatic N) is 4. The van der Waals surface area contributed by atoms with Gasteiger partial charge in [-0.1, -0.05) is 18.2 Å². The van der Waals surface area contributed by atoms with Crippen molar-refractivity contribution in [3.05, 3.63) is 66.0 Å². The van der Waals surface area contributed by atoms with Gasteiger partial charge in [-0.15, -0.1) is 0 Å². The summed E-state index contributed by atoms with van der Waals surface area (Å²) >= 11 is 0. The second-order valence-electron chi connectivity index (χ2n) is 7.44. The molecule has 31 heavy (non-hydrogen) atoms. The van der Waals surface area contributed by atoms with Crippen LogP contribution in [0.1, 0.15) is 36.7 Å². The summed E-state index contributed by atoms with van der Waals surface area (Å²) in [7, 11) is 1.83. The van der Waals surface area contributed by atoms with Crippen molar-refractivity contribution in [1.82, 2.24) is 19.7 Å². The van der Waals surface area contributed by atoms with Crippen molar-refractivity contribution in [3.8, 4) is 17.1 Å². The van der Waals surface area contributed by atoms with Crippen LogP contribution in [0.2, 0.25) is 0 Å². The van der Waals surface area contributed by atoms with Crippen LogP contribution in [0, 0.1) is 0 Å². The lowest BCUT2D eigenvalue weighted by Crippen LogP contribution is -2.42. The van der Waals surface area contributed by atoms with Gasteiger partial charge in [0.05, 0.1) is 11.7 Å². The van der Waals surface area contributed by atoms with E-state index in [2.05, 4.69) is 10.1 Å². The summed E-state index contributed by atoms with van der Waals surface area (Å²) in [6.45, 7) is 5.25. The Bertz CT molecular complexity index is 1030. The average molecular weight is 428 g/mol. The molecular weight excluding hydrogens is 402 g/mol. The number of hydrogen-bond acceptors (Lipinski definition) is 4. The highest BCUT2D eigenvalue weighted by atomic mass is 19.3. The van der Waals surface area contributed by atoms with Gasteiger partial charge in [0.25, 0.3) is 11.8 Å². The number of carbonyl (C=O) groups is 1. The predicted molar refractivity (Wildman–Crippen MR) is 114 cm³/mol.